The minimum Gasteiger partial charge on any atom is -0.368 e. The normalized spacial score (nSPS) is 12.4. The molecular formula is C15H20BrN3. The van der Waals surface area contributed by atoms with E-state index in [0.717, 1.165) is 28.2 Å². The lowest BCUT2D eigenvalue weighted by atomic mass is 10.1. The van der Waals surface area contributed by atoms with Gasteiger partial charge in [0.05, 0.1) is 5.69 Å². The standard InChI is InChI=1S/C15H20BrN3/c1-4-11(2)10-17-15-9-12(3)19(18-15)14-8-6-5-7-13(14)16/h5-9,11H,4,10H2,1-3H3,(H,17,18). The van der Waals surface area contributed by atoms with Crippen molar-refractivity contribution in [3.63, 3.8) is 0 Å². The molecule has 4 heteroatoms. The summed E-state index contributed by atoms with van der Waals surface area (Å²) in [6.45, 7) is 7.48. The molecule has 102 valence electrons. The number of halogens is 1. The molecule has 0 aliphatic carbocycles. The van der Waals surface area contributed by atoms with Gasteiger partial charge in [-0.1, -0.05) is 32.4 Å². The van der Waals surface area contributed by atoms with E-state index in [1.165, 1.54) is 6.42 Å². The Hall–Kier alpha value is -1.29. The molecule has 1 heterocycles. The molecule has 0 aliphatic rings. The summed E-state index contributed by atoms with van der Waals surface area (Å²) in [5.74, 6) is 1.60. The summed E-state index contributed by atoms with van der Waals surface area (Å²) in [5, 5.41) is 8.02. The number of aromatic nitrogens is 2. The highest BCUT2D eigenvalue weighted by Crippen LogP contribution is 2.23. The zero-order valence-electron chi connectivity index (χ0n) is 11.7. The van der Waals surface area contributed by atoms with Gasteiger partial charge in [-0.25, -0.2) is 4.68 Å². The summed E-state index contributed by atoms with van der Waals surface area (Å²) in [7, 11) is 0. The van der Waals surface area contributed by atoms with Gasteiger partial charge in [0.15, 0.2) is 0 Å². The maximum atomic E-state index is 4.62. The third-order valence-electron chi connectivity index (χ3n) is 3.30. The minimum atomic E-state index is 0.661. The number of hydrogen-bond donors (Lipinski definition) is 1. The highest BCUT2D eigenvalue weighted by Gasteiger charge is 2.09. The van der Waals surface area contributed by atoms with Crippen LogP contribution in [-0.2, 0) is 0 Å². The Kier molecular flexibility index (Phi) is 4.64. The lowest BCUT2D eigenvalue weighted by Crippen LogP contribution is -2.10. The number of aryl methyl sites for hydroxylation is 1. The van der Waals surface area contributed by atoms with Crippen LogP contribution in [0.15, 0.2) is 34.8 Å². The van der Waals surface area contributed by atoms with Crippen LogP contribution < -0.4 is 5.32 Å². The zero-order valence-corrected chi connectivity index (χ0v) is 13.2. The van der Waals surface area contributed by atoms with E-state index >= 15 is 0 Å². The molecule has 3 nitrogen and oxygen atoms in total. The van der Waals surface area contributed by atoms with E-state index in [4.69, 9.17) is 0 Å². The smallest absolute Gasteiger partial charge is 0.148 e. The van der Waals surface area contributed by atoms with Crippen LogP contribution in [0.4, 0.5) is 5.82 Å². The molecule has 1 atom stereocenters. The van der Waals surface area contributed by atoms with E-state index in [-0.39, 0.29) is 0 Å². The van der Waals surface area contributed by atoms with E-state index < -0.39 is 0 Å². The molecule has 2 rings (SSSR count). The van der Waals surface area contributed by atoms with E-state index in [1.54, 1.807) is 0 Å². The first-order chi connectivity index (χ1) is 9.11. The average molecular weight is 322 g/mol. The fourth-order valence-corrected chi connectivity index (χ4v) is 2.30. The van der Waals surface area contributed by atoms with Crippen LogP contribution in [-0.4, -0.2) is 16.3 Å². The van der Waals surface area contributed by atoms with Crippen LogP contribution in [0.3, 0.4) is 0 Å². The number of rotatable bonds is 5. The number of hydrogen-bond acceptors (Lipinski definition) is 2. The molecule has 0 saturated heterocycles. The highest BCUT2D eigenvalue weighted by molar-refractivity contribution is 9.10. The zero-order chi connectivity index (χ0) is 13.8. The molecule has 0 radical (unpaired) electrons. The topological polar surface area (TPSA) is 29.9 Å². The fraction of sp³-hybridized carbons (Fsp3) is 0.400. The highest BCUT2D eigenvalue weighted by atomic mass is 79.9. The van der Waals surface area contributed by atoms with Crippen molar-refractivity contribution in [2.45, 2.75) is 27.2 Å². The van der Waals surface area contributed by atoms with Crippen LogP contribution in [0.5, 0.6) is 0 Å². The van der Waals surface area contributed by atoms with Crippen LogP contribution in [0.2, 0.25) is 0 Å². The largest absolute Gasteiger partial charge is 0.368 e. The molecule has 0 fully saturated rings. The second-order valence-corrected chi connectivity index (χ2v) is 5.78. The van der Waals surface area contributed by atoms with Crippen molar-refractivity contribution in [2.24, 2.45) is 5.92 Å². The molecule has 2 aromatic rings. The van der Waals surface area contributed by atoms with Crippen molar-refractivity contribution in [3.05, 3.63) is 40.5 Å². The van der Waals surface area contributed by atoms with Gasteiger partial charge in [-0.2, -0.15) is 5.10 Å². The number of benzene rings is 1. The first kappa shape index (κ1) is 14.1. The van der Waals surface area contributed by atoms with Crippen LogP contribution in [0, 0.1) is 12.8 Å². The van der Waals surface area contributed by atoms with Gasteiger partial charge < -0.3 is 5.32 Å². The van der Waals surface area contributed by atoms with Crippen molar-refractivity contribution in [1.82, 2.24) is 9.78 Å². The fourth-order valence-electron chi connectivity index (χ4n) is 1.85. The summed E-state index contributed by atoms with van der Waals surface area (Å²) >= 11 is 3.57. The van der Waals surface area contributed by atoms with Gasteiger partial charge in [-0.15, -0.1) is 0 Å². The summed E-state index contributed by atoms with van der Waals surface area (Å²) in [6, 6.07) is 10.2. The molecule has 0 amide bonds. The summed E-state index contributed by atoms with van der Waals surface area (Å²) in [4.78, 5) is 0. The van der Waals surface area contributed by atoms with Crippen LogP contribution in [0.1, 0.15) is 26.0 Å². The van der Waals surface area contributed by atoms with Crippen molar-refractivity contribution in [2.75, 3.05) is 11.9 Å². The second-order valence-electron chi connectivity index (χ2n) is 4.93. The van der Waals surface area contributed by atoms with Crippen LogP contribution in [0.25, 0.3) is 5.69 Å². The predicted octanol–water partition coefficient (Wildman–Crippen LogP) is 4.40. The molecule has 0 saturated carbocycles. The van der Waals surface area contributed by atoms with Crippen LogP contribution >= 0.6 is 15.9 Å². The van der Waals surface area contributed by atoms with Gasteiger partial charge in [0.1, 0.15) is 5.82 Å². The van der Waals surface area contributed by atoms with E-state index in [0.29, 0.717) is 5.92 Å². The first-order valence-corrected chi connectivity index (χ1v) is 7.46. The Morgan fingerprint density at radius 3 is 2.79 bits per heavy atom. The van der Waals surface area contributed by atoms with Crippen molar-refractivity contribution in [1.29, 1.82) is 0 Å². The Balaban J connectivity index is 2.20. The Bertz CT molecular complexity index is 548. The van der Waals surface area contributed by atoms with Gasteiger partial charge in [-0.05, 0) is 40.9 Å². The first-order valence-electron chi connectivity index (χ1n) is 6.67. The lowest BCUT2D eigenvalue weighted by Gasteiger charge is -2.09. The van der Waals surface area contributed by atoms with Crippen molar-refractivity contribution < 1.29 is 0 Å². The second kappa shape index (κ2) is 6.24. The van der Waals surface area contributed by atoms with Gasteiger partial charge in [0, 0.05) is 22.8 Å². The number of nitrogens with one attached hydrogen (secondary N) is 1. The quantitative estimate of drug-likeness (QED) is 0.884. The van der Waals surface area contributed by atoms with Crippen molar-refractivity contribution in [3.8, 4) is 5.69 Å². The Labute approximate surface area is 123 Å². The number of para-hydroxylation sites is 1. The SMILES string of the molecule is CCC(C)CNc1cc(C)n(-c2ccccc2Br)n1. The molecule has 0 aliphatic heterocycles. The van der Waals surface area contributed by atoms with E-state index in [9.17, 15) is 0 Å². The molecule has 1 aromatic carbocycles. The average Bonchev–Trinajstić information content (AvgIpc) is 2.77. The van der Waals surface area contributed by atoms with E-state index in [2.05, 4.69) is 59.2 Å². The number of nitrogens with zero attached hydrogens (tertiary/aromatic N) is 2. The minimum absolute atomic E-state index is 0.661. The molecular weight excluding hydrogens is 302 g/mol. The summed E-state index contributed by atoms with van der Waals surface area (Å²) < 4.78 is 3.01. The Morgan fingerprint density at radius 2 is 2.11 bits per heavy atom. The van der Waals surface area contributed by atoms with Gasteiger partial charge in [0.25, 0.3) is 0 Å². The maximum Gasteiger partial charge on any atom is 0.148 e. The number of anilines is 1. The maximum absolute atomic E-state index is 4.62. The molecule has 0 bridgehead atoms. The summed E-state index contributed by atoms with van der Waals surface area (Å²) in [6.07, 6.45) is 1.18. The predicted molar refractivity (Wildman–Crippen MR) is 83.9 cm³/mol. The molecule has 1 aromatic heterocycles. The van der Waals surface area contributed by atoms with Gasteiger partial charge >= 0.3 is 0 Å². The molecule has 19 heavy (non-hydrogen) atoms. The molecule has 1 N–H and O–H groups in total. The molecule has 0 spiro atoms. The third-order valence-corrected chi connectivity index (χ3v) is 3.97. The molecule has 1 unspecified atom stereocenters. The van der Waals surface area contributed by atoms with Gasteiger partial charge in [0.2, 0.25) is 0 Å². The Morgan fingerprint density at radius 1 is 1.37 bits per heavy atom. The van der Waals surface area contributed by atoms with Crippen molar-refractivity contribution >= 4 is 21.7 Å². The summed E-state index contributed by atoms with van der Waals surface area (Å²) in [5.41, 5.74) is 2.19. The van der Waals surface area contributed by atoms with Gasteiger partial charge in [-0.3, -0.25) is 0 Å². The monoisotopic (exact) mass is 321 g/mol. The lowest BCUT2D eigenvalue weighted by molar-refractivity contribution is 0.592. The van der Waals surface area contributed by atoms with E-state index in [1.807, 2.05) is 22.9 Å². The third kappa shape index (κ3) is 3.38.